The number of nitrogens with zero attached hydrogens (tertiary/aromatic N) is 1. The number of hydrogen-bond donors (Lipinski definition) is 2. The van der Waals surface area contributed by atoms with E-state index in [-0.39, 0.29) is 19.6 Å². The van der Waals surface area contributed by atoms with E-state index in [0.29, 0.717) is 18.4 Å². The first-order chi connectivity index (χ1) is 16.3. The van der Waals surface area contributed by atoms with Gasteiger partial charge in [0.1, 0.15) is 18.0 Å². The molecule has 2 amide bonds. The van der Waals surface area contributed by atoms with Gasteiger partial charge in [-0.2, -0.15) is 0 Å². The van der Waals surface area contributed by atoms with Gasteiger partial charge in [-0.15, -0.1) is 0 Å². The van der Waals surface area contributed by atoms with Crippen molar-refractivity contribution in [1.82, 2.24) is 10.2 Å². The van der Waals surface area contributed by atoms with Crippen molar-refractivity contribution in [2.24, 2.45) is 0 Å². The van der Waals surface area contributed by atoms with Gasteiger partial charge in [-0.25, -0.2) is 14.0 Å². The van der Waals surface area contributed by atoms with Crippen LogP contribution >= 0.6 is 0 Å². The van der Waals surface area contributed by atoms with Crippen LogP contribution in [0, 0.1) is 5.82 Å². The van der Waals surface area contributed by atoms with Gasteiger partial charge in [-0.05, 0) is 43.0 Å². The monoisotopic (exact) mass is 472 g/mol. The van der Waals surface area contributed by atoms with Gasteiger partial charge in [0.25, 0.3) is 0 Å². The minimum Gasteiger partial charge on any atom is -0.467 e. The molecular weight excluding hydrogens is 443 g/mol. The van der Waals surface area contributed by atoms with E-state index in [1.54, 1.807) is 12.1 Å². The van der Waals surface area contributed by atoms with Crippen molar-refractivity contribution >= 4 is 18.0 Å². The molecule has 0 radical (unpaired) electrons. The fourth-order valence-electron chi connectivity index (χ4n) is 4.16. The van der Waals surface area contributed by atoms with E-state index >= 15 is 0 Å². The largest absolute Gasteiger partial charge is 0.467 e. The van der Waals surface area contributed by atoms with E-state index in [2.05, 4.69) is 5.32 Å². The Morgan fingerprint density at radius 1 is 1.12 bits per heavy atom. The number of benzene rings is 2. The van der Waals surface area contributed by atoms with Crippen LogP contribution in [0.4, 0.5) is 9.18 Å². The molecule has 2 N–H and O–H groups in total. The Hall–Kier alpha value is -3.46. The third kappa shape index (κ3) is 5.72. The molecule has 1 saturated heterocycles. The topological polar surface area (TPSA) is 105 Å². The third-order valence-corrected chi connectivity index (χ3v) is 5.97. The van der Waals surface area contributed by atoms with E-state index in [0.717, 1.165) is 12.7 Å². The summed E-state index contributed by atoms with van der Waals surface area (Å²) >= 11 is 0. The molecule has 0 aliphatic carbocycles. The van der Waals surface area contributed by atoms with Crippen molar-refractivity contribution in [3.63, 3.8) is 0 Å². The molecular formula is C25H29FN2O6. The smallest absolute Gasteiger partial charge is 0.411 e. The highest BCUT2D eigenvalue weighted by molar-refractivity contribution is 5.94. The molecule has 1 aliphatic heterocycles. The van der Waals surface area contributed by atoms with Crippen LogP contribution in [0.3, 0.4) is 0 Å². The summed E-state index contributed by atoms with van der Waals surface area (Å²) in [6.45, 7) is 1.65. The molecule has 0 aromatic heterocycles. The fourth-order valence-corrected chi connectivity index (χ4v) is 4.16. The highest BCUT2D eigenvalue weighted by Crippen LogP contribution is 2.34. The summed E-state index contributed by atoms with van der Waals surface area (Å²) in [7, 11) is 1.15. The molecule has 2 aromatic rings. The molecule has 0 saturated carbocycles. The quantitative estimate of drug-likeness (QED) is 0.573. The maximum absolute atomic E-state index is 13.6. The molecule has 3 atom stereocenters. The summed E-state index contributed by atoms with van der Waals surface area (Å²) in [5.41, 5.74) is 0.0294. The summed E-state index contributed by atoms with van der Waals surface area (Å²) in [6.07, 6.45) is -1.01. The summed E-state index contributed by atoms with van der Waals surface area (Å²) < 4.78 is 23.7. The van der Waals surface area contributed by atoms with Gasteiger partial charge in [-0.1, -0.05) is 42.5 Å². The number of methoxy groups -OCH3 is 1. The second-order valence-electron chi connectivity index (χ2n) is 8.35. The molecule has 9 heteroatoms. The minimum absolute atomic E-state index is 0.0306. The highest BCUT2D eigenvalue weighted by atomic mass is 19.1. The van der Waals surface area contributed by atoms with Crippen molar-refractivity contribution < 1.29 is 33.4 Å². The highest BCUT2D eigenvalue weighted by Gasteiger charge is 2.51. The molecule has 0 spiro atoms. The summed E-state index contributed by atoms with van der Waals surface area (Å²) in [4.78, 5) is 40.2. The van der Waals surface area contributed by atoms with Crippen LogP contribution in [-0.4, -0.2) is 59.3 Å². The zero-order chi connectivity index (χ0) is 24.7. The first-order valence-corrected chi connectivity index (χ1v) is 11.1. The number of ether oxygens (including phenoxy) is 2. The van der Waals surface area contributed by atoms with Gasteiger partial charge in [0.05, 0.1) is 13.2 Å². The Morgan fingerprint density at radius 3 is 2.41 bits per heavy atom. The number of esters is 1. The van der Waals surface area contributed by atoms with E-state index in [1.165, 1.54) is 24.0 Å². The summed E-state index contributed by atoms with van der Waals surface area (Å²) in [5, 5.41) is 12.6. The predicted octanol–water partition coefficient (Wildman–Crippen LogP) is 2.58. The molecule has 1 fully saturated rings. The van der Waals surface area contributed by atoms with Gasteiger partial charge in [0, 0.05) is 13.0 Å². The van der Waals surface area contributed by atoms with E-state index < -0.39 is 41.5 Å². The summed E-state index contributed by atoms with van der Waals surface area (Å²) in [6, 6.07) is 13.5. The number of carbonyl (C=O) groups is 3. The number of amides is 2. The first kappa shape index (κ1) is 25.2. The Morgan fingerprint density at radius 2 is 1.79 bits per heavy atom. The molecule has 0 bridgehead atoms. The normalized spacial score (nSPS) is 19.2. The van der Waals surface area contributed by atoms with Crippen LogP contribution in [0.25, 0.3) is 0 Å². The fraction of sp³-hybridized carbons (Fsp3) is 0.400. The van der Waals surface area contributed by atoms with Gasteiger partial charge < -0.3 is 19.9 Å². The van der Waals surface area contributed by atoms with Gasteiger partial charge in [-0.3, -0.25) is 9.69 Å². The van der Waals surface area contributed by atoms with E-state index in [9.17, 15) is 23.9 Å². The van der Waals surface area contributed by atoms with Crippen molar-refractivity contribution in [3.8, 4) is 0 Å². The number of aliphatic hydroxyl groups is 1. The van der Waals surface area contributed by atoms with Gasteiger partial charge in [0.15, 0.2) is 6.04 Å². The SMILES string of the molecule is COC(=O)[C@@H](NC(=O)C1(Cc2ccc(F)cc2)CCCN1C(=O)OCc1ccccc1)[C@@H](C)O. The maximum Gasteiger partial charge on any atom is 0.411 e. The molecule has 182 valence electrons. The second kappa shape index (κ2) is 11.1. The Labute approximate surface area is 197 Å². The Kier molecular flexibility index (Phi) is 8.22. The predicted molar refractivity (Wildman–Crippen MR) is 121 cm³/mol. The molecule has 8 nitrogen and oxygen atoms in total. The van der Waals surface area contributed by atoms with E-state index in [1.807, 2.05) is 30.3 Å². The van der Waals surface area contributed by atoms with Crippen molar-refractivity contribution in [2.75, 3.05) is 13.7 Å². The minimum atomic E-state index is -1.40. The molecule has 1 aliphatic rings. The average molecular weight is 473 g/mol. The molecule has 1 heterocycles. The van der Waals surface area contributed by atoms with Crippen LogP contribution in [0.1, 0.15) is 30.9 Å². The lowest BCUT2D eigenvalue weighted by Gasteiger charge is -2.37. The second-order valence-corrected chi connectivity index (χ2v) is 8.35. The zero-order valence-electron chi connectivity index (χ0n) is 19.2. The first-order valence-electron chi connectivity index (χ1n) is 11.1. The van der Waals surface area contributed by atoms with Gasteiger partial charge >= 0.3 is 12.1 Å². The standard InChI is InChI=1S/C25H29FN2O6/c1-17(29)21(22(30)33-2)27-23(31)25(15-18-9-11-20(26)12-10-18)13-6-14-28(25)24(32)34-16-19-7-4-3-5-8-19/h3-5,7-12,17,21,29H,6,13-16H2,1-2H3,(H,27,31)/t17-,21+,25?/m1/s1. The summed E-state index contributed by atoms with van der Waals surface area (Å²) in [5.74, 6) is -1.86. The van der Waals surface area contributed by atoms with E-state index in [4.69, 9.17) is 9.47 Å². The van der Waals surface area contributed by atoms with Crippen LogP contribution < -0.4 is 5.32 Å². The molecule has 1 unspecified atom stereocenters. The maximum atomic E-state index is 13.6. The number of aliphatic hydroxyl groups excluding tert-OH is 1. The average Bonchev–Trinajstić information content (AvgIpc) is 3.27. The van der Waals surface area contributed by atoms with Crippen molar-refractivity contribution in [1.29, 1.82) is 0 Å². The number of carbonyl (C=O) groups excluding carboxylic acids is 3. The Balaban J connectivity index is 1.89. The number of hydrogen-bond acceptors (Lipinski definition) is 6. The van der Waals surface area contributed by atoms with Crippen LogP contribution in [0.15, 0.2) is 54.6 Å². The number of halogens is 1. The molecule has 2 aromatic carbocycles. The lowest BCUT2D eigenvalue weighted by atomic mass is 9.86. The third-order valence-electron chi connectivity index (χ3n) is 5.97. The van der Waals surface area contributed by atoms with Crippen LogP contribution in [-0.2, 0) is 32.1 Å². The number of likely N-dealkylation sites (tertiary alicyclic amines) is 1. The lowest BCUT2D eigenvalue weighted by molar-refractivity contribution is -0.149. The van der Waals surface area contributed by atoms with Crippen LogP contribution in [0.5, 0.6) is 0 Å². The van der Waals surface area contributed by atoms with Crippen LogP contribution in [0.2, 0.25) is 0 Å². The Bertz CT molecular complexity index is 998. The molecule has 3 rings (SSSR count). The van der Waals surface area contributed by atoms with Crippen molar-refractivity contribution in [3.05, 3.63) is 71.5 Å². The molecule has 34 heavy (non-hydrogen) atoms. The number of rotatable bonds is 8. The number of nitrogens with one attached hydrogen (secondary N) is 1. The van der Waals surface area contributed by atoms with Crippen molar-refractivity contribution in [2.45, 2.75) is 50.5 Å². The van der Waals surface area contributed by atoms with Gasteiger partial charge in [0.2, 0.25) is 5.91 Å². The lowest BCUT2D eigenvalue weighted by Crippen LogP contribution is -2.62. The zero-order valence-corrected chi connectivity index (χ0v) is 19.2.